The summed E-state index contributed by atoms with van der Waals surface area (Å²) in [5.41, 5.74) is 0.0399. The number of carboxylic acids is 1. The van der Waals surface area contributed by atoms with E-state index in [2.05, 4.69) is 0 Å². The maximum Gasteiger partial charge on any atom is 0.337 e. The van der Waals surface area contributed by atoms with Gasteiger partial charge in [0.15, 0.2) is 0 Å². The van der Waals surface area contributed by atoms with Crippen molar-refractivity contribution >= 4 is 27.4 Å². The average Bonchev–Trinajstić information content (AvgIpc) is 2.42. The third-order valence-corrected chi connectivity index (χ3v) is 3.03. The highest BCUT2D eigenvalue weighted by Crippen LogP contribution is 2.29. The molecule has 0 aliphatic carbocycles. The molecule has 0 bridgehead atoms. The van der Waals surface area contributed by atoms with E-state index >= 15 is 0 Å². The van der Waals surface area contributed by atoms with Crippen molar-refractivity contribution < 1.29 is 14.3 Å². The predicted octanol–water partition coefficient (Wildman–Crippen LogP) is 3.05. The fraction of sp³-hybridized carbons (Fsp3) is 0.100. The number of carboxylic acid groups (broad SMARTS) is 1. The van der Waals surface area contributed by atoms with E-state index in [-0.39, 0.29) is 5.56 Å². The highest BCUT2D eigenvalue weighted by molar-refractivity contribution is 7.19. The summed E-state index contributed by atoms with van der Waals surface area (Å²) >= 11 is 1.37. The van der Waals surface area contributed by atoms with Crippen molar-refractivity contribution in [1.82, 2.24) is 0 Å². The molecule has 0 spiro atoms. The van der Waals surface area contributed by atoms with Gasteiger partial charge in [-0.25, -0.2) is 9.18 Å². The monoisotopic (exact) mass is 210 g/mol. The molecule has 0 saturated carbocycles. The van der Waals surface area contributed by atoms with Crippen LogP contribution in [-0.2, 0) is 0 Å². The molecule has 72 valence electrons. The van der Waals surface area contributed by atoms with Crippen molar-refractivity contribution in [2.75, 3.05) is 0 Å². The Balaban J connectivity index is 2.85. The van der Waals surface area contributed by atoms with Crippen LogP contribution >= 0.6 is 11.3 Å². The number of rotatable bonds is 1. The number of aromatic carboxylic acids is 1. The molecular weight excluding hydrogens is 203 g/mol. The zero-order chi connectivity index (χ0) is 10.3. The molecule has 0 unspecified atom stereocenters. The molecule has 0 aliphatic rings. The molecule has 0 atom stereocenters. The third-order valence-electron chi connectivity index (χ3n) is 1.93. The summed E-state index contributed by atoms with van der Waals surface area (Å²) in [7, 11) is 0. The van der Waals surface area contributed by atoms with Gasteiger partial charge in [0.25, 0.3) is 0 Å². The van der Waals surface area contributed by atoms with Crippen LogP contribution in [0.5, 0.6) is 0 Å². The molecule has 0 amide bonds. The number of carbonyl (C=O) groups is 1. The quantitative estimate of drug-likeness (QED) is 0.785. The molecule has 14 heavy (non-hydrogen) atoms. The number of hydrogen-bond acceptors (Lipinski definition) is 2. The largest absolute Gasteiger partial charge is 0.478 e. The lowest BCUT2D eigenvalue weighted by atomic mass is 10.1. The molecule has 0 fully saturated rings. The molecule has 2 nitrogen and oxygen atoms in total. The normalized spacial score (nSPS) is 10.7. The van der Waals surface area contributed by atoms with Gasteiger partial charge in [0, 0.05) is 9.58 Å². The van der Waals surface area contributed by atoms with E-state index < -0.39 is 11.8 Å². The molecule has 0 aliphatic heterocycles. The standard InChI is InChI=1S/C10H7FO2S/c1-5-2-6-3-7(11)4-8(10(12)13)9(6)14-5/h2-4H,1H3,(H,12,13). The lowest BCUT2D eigenvalue weighted by Crippen LogP contribution is -1.96. The molecule has 1 N–H and O–H groups in total. The summed E-state index contributed by atoms with van der Waals surface area (Å²) in [6.45, 7) is 1.87. The first-order valence-electron chi connectivity index (χ1n) is 4.01. The maximum atomic E-state index is 13.0. The van der Waals surface area contributed by atoms with Crippen molar-refractivity contribution in [1.29, 1.82) is 0 Å². The molecule has 4 heteroatoms. The lowest BCUT2D eigenvalue weighted by molar-refractivity contribution is 0.0698. The second-order valence-corrected chi connectivity index (χ2v) is 4.29. The molecular formula is C10H7FO2S. The molecule has 1 aromatic carbocycles. The highest BCUT2D eigenvalue weighted by atomic mass is 32.1. The first-order valence-corrected chi connectivity index (χ1v) is 4.82. The predicted molar refractivity (Wildman–Crippen MR) is 53.5 cm³/mol. The van der Waals surface area contributed by atoms with E-state index in [9.17, 15) is 9.18 Å². The Labute approximate surface area is 83.6 Å². The van der Waals surface area contributed by atoms with E-state index in [0.29, 0.717) is 10.1 Å². The van der Waals surface area contributed by atoms with Crippen LogP contribution in [0.2, 0.25) is 0 Å². The zero-order valence-electron chi connectivity index (χ0n) is 7.37. The number of hydrogen-bond donors (Lipinski definition) is 1. The van der Waals surface area contributed by atoms with Crippen LogP contribution < -0.4 is 0 Å². The minimum atomic E-state index is -1.09. The Bertz CT molecular complexity index is 516. The van der Waals surface area contributed by atoms with Gasteiger partial charge in [-0.1, -0.05) is 0 Å². The molecule has 2 rings (SSSR count). The van der Waals surface area contributed by atoms with Crippen LogP contribution in [-0.4, -0.2) is 11.1 Å². The van der Waals surface area contributed by atoms with Crippen molar-refractivity contribution in [2.24, 2.45) is 0 Å². The number of halogens is 1. The maximum absolute atomic E-state index is 13.0. The SMILES string of the molecule is Cc1cc2cc(F)cc(C(=O)O)c2s1. The minimum Gasteiger partial charge on any atom is -0.478 e. The van der Waals surface area contributed by atoms with Crippen molar-refractivity contribution in [2.45, 2.75) is 6.92 Å². The van der Waals surface area contributed by atoms with Gasteiger partial charge in [-0.3, -0.25) is 0 Å². The van der Waals surface area contributed by atoms with Gasteiger partial charge in [0.05, 0.1) is 5.56 Å². The van der Waals surface area contributed by atoms with Crippen molar-refractivity contribution in [3.63, 3.8) is 0 Å². The van der Waals surface area contributed by atoms with E-state index in [1.807, 2.05) is 6.92 Å². The summed E-state index contributed by atoms with van der Waals surface area (Å²) in [5.74, 6) is -1.59. The van der Waals surface area contributed by atoms with E-state index in [1.165, 1.54) is 17.4 Å². The Kier molecular flexibility index (Phi) is 2.00. The first kappa shape index (κ1) is 9.15. The van der Waals surface area contributed by atoms with Crippen LogP contribution in [0.15, 0.2) is 18.2 Å². The van der Waals surface area contributed by atoms with Crippen LogP contribution in [0, 0.1) is 12.7 Å². The fourth-order valence-corrected chi connectivity index (χ4v) is 2.40. The smallest absolute Gasteiger partial charge is 0.337 e. The van der Waals surface area contributed by atoms with Crippen molar-refractivity contribution in [3.05, 3.63) is 34.5 Å². The number of benzene rings is 1. The third kappa shape index (κ3) is 1.37. The minimum absolute atomic E-state index is 0.0399. The summed E-state index contributed by atoms with van der Waals surface area (Å²) in [4.78, 5) is 11.8. The molecule has 1 aromatic heterocycles. The summed E-state index contributed by atoms with van der Waals surface area (Å²) in [5, 5.41) is 9.51. The lowest BCUT2D eigenvalue weighted by Gasteiger charge is -1.96. The fourth-order valence-electron chi connectivity index (χ4n) is 1.40. The Morgan fingerprint density at radius 1 is 1.43 bits per heavy atom. The van der Waals surface area contributed by atoms with Gasteiger partial charge < -0.3 is 5.11 Å². The van der Waals surface area contributed by atoms with Crippen LogP contribution in [0.1, 0.15) is 15.2 Å². The van der Waals surface area contributed by atoms with Gasteiger partial charge in [-0.2, -0.15) is 0 Å². The van der Waals surface area contributed by atoms with Gasteiger partial charge in [0.2, 0.25) is 0 Å². The number of aryl methyl sites for hydroxylation is 1. The summed E-state index contributed by atoms with van der Waals surface area (Å²) < 4.78 is 13.6. The van der Waals surface area contributed by atoms with E-state index in [4.69, 9.17) is 5.11 Å². The number of fused-ring (bicyclic) bond motifs is 1. The Hall–Kier alpha value is -1.42. The van der Waals surface area contributed by atoms with Gasteiger partial charge >= 0.3 is 5.97 Å². The topological polar surface area (TPSA) is 37.3 Å². The second kappa shape index (κ2) is 3.06. The van der Waals surface area contributed by atoms with Crippen LogP contribution in [0.4, 0.5) is 4.39 Å². The first-order chi connectivity index (χ1) is 6.58. The van der Waals surface area contributed by atoms with Crippen molar-refractivity contribution in [3.8, 4) is 0 Å². The number of thiophene rings is 1. The zero-order valence-corrected chi connectivity index (χ0v) is 8.19. The Morgan fingerprint density at radius 2 is 2.14 bits per heavy atom. The second-order valence-electron chi connectivity index (χ2n) is 3.03. The van der Waals surface area contributed by atoms with E-state index in [0.717, 1.165) is 10.9 Å². The van der Waals surface area contributed by atoms with Gasteiger partial charge in [-0.05, 0) is 30.5 Å². The van der Waals surface area contributed by atoms with E-state index in [1.54, 1.807) is 6.07 Å². The van der Waals surface area contributed by atoms with Gasteiger partial charge in [-0.15, -0.1) is 11.3 Å². The summed E-state index contributed by atoms with van der Waals surface area (Å²) in [6.07, 6.45) is 0. The van der Waals surface area contributed by atoms with Crippen LogP contribution in [0.25, 0.3) is 10.1 Å². The molecule has 2 aromatic rings. The summed E-state index contributed by atoms with van der Waals surface area (Å²) in [6, 6.07) is 4.20. The van der Waals surface area contributed by atoms with Gasteiger partial charge in [0.1, 0.15) is 5.82 Å². The molecule has 1 heterocycles. The van der Waals surface area contributed by atoms with Crippen LogP contribution in [0.3, 0.4) is 0 Å². The average molecular weight is 210 g/mol. The molecule has 0 saturated heterocycles. The highest BCUT2D eigenvalue weighted by Gasteiger charge is 2.12. The Morgan fingerprint density at radius 3 is 2.79 bits per heavy atom. The molecule has 0 radical (unpaired) electrons.